The van der Waals surface area contributed by atoms with E-state index < -0.39 is 12.5 Å². The van der Waals surface area contributed by atoms with E-state index in [1.165, 1.54) is 6.92 Å². The molecule has 0 heterocycles. The lowest BCUT2D eigenvalue weighted by molar-refractivity contribution is 0.124. The van der Waals surface area contributed by atoms with Gasteiger partial charge < -0.3 is 5.73 Å². The molecule has 0 aliphatic rings. The first-order valence-electron chi connectivity index (χ1n) is 4.15. The molecule has 72 valence electrons. The van der Waals surface area contributed by atoms with E-state index >= 15 is 0 Å². The van der Waals surface area contributed by atoms with Crippen LogP contribution >= 0.6 is 0 Å². The average molecular weight is 178 g/mol. The summed E-state index contributed by atoms with van der Waals surface area (Å²) in [5, 5.41) is 0. The minimum absolute atomic E-state index is 0.475. The smallest absolute Gasteiger partial charge is 0.260 e. The van der Waals surface area contributed by atoms with Crippen molar-refractivity contribution in [3.8, 4) is 0 Å². The van der Waals surface area contributed by atoms with Crippen molar-refractivity contribution in [2.45, 2.75) is 39.2 Å². The van der Waals surface area contributed by atoms with E-state index in [-0.39, 0.29) is 0 Å². The Morgan fingerprint density at radius 1 is 1.50 bits per heavy atom. The van der Waals surface area contributed by atoms with Gasteiger partial charge >= 0.3 is 0 Å². The number of rotatable bonds is 5. The molecule has 0 aromatic heterocycles. The summed E-state index contributed by atoms with van der Waals surface area (Å²) in [5.41, 5.74) is 6.07. The van der Waals surface area contributed by atoms with Crippen molar-refractivity contribution in [3.05, 3.63) is 0 Å². The van der Waals surface area contributed by atoms with Gasteiger partial charge in [0.2, 0.25) is 0 Å². The van der Waals surface area contributed by atoms with Crippen molar-refractivity contribution in [2.75, 3.05) is 6.54 Å². The van der Waals surface area contributed by atoms with Gasteiger partial charge in [-0.1, -0.05) is 6.92 Å². The fraction of sp³-hybridized carbons (Fsp3) is 0.875. The molecule has 0 aliphatic heterocycles. The van der Waals surface area contributed by atoms with E-state index in [0.717, 1.165) is 5.71 Å². The van der Waals surface area contributed by atoms with E-state index in [4.69, 9.17) is 5.73 Å². The van der Waals surface area contributed by atoms with Gasteiger partial charge in [0, 0.05) is 5.71 Å². The first kappa shape index (κ1) is 11.5. The lowest BCUT2D eigenvalue weighted by atomic mass is 10.2. The van der Waals surface area contributed by atoms with Crippen molar-refractivity contribution >= 4 is 5.71 Å². The molecule has 0 unspecified atom stereocenters. The Morgan fingerprint density at radius 2 is 2.08 bits per heavy atom. The highest BCUT2D eigenvalue weighted by Gasteiger charge is 2.12. The Bertz CT molecular complexity index is 146. The highest BCUT2D eigenvalue weighted by atomic mass is 19.3. The van der Waals surface area contributed by atoms with Gasteiger partial charge in [0.1, 0.15) is 6.04 Å². The fourth-order valence-electron chi connectivity index (χ4n) is 0.844. The van der Waals surface area contributed by atoms with E-state index in [1.807, 2.05) is 6.92 Å². The van der Waals surface area contributed by atoms with Crippen LogP contribution in [0.1, 0.15) is 26.7 Å². The van der Waals surface area contributed by atoms with Gasteiger partial charge in [-0.3, -0.25) is 4.99 Å². The Hall–Kier alpha value is -0.510. The van der Waals surface area contributed by atoms with Crippen LogP contribution < -0.4 is 5.73 Å². The third kappa shape index (κ3) is 4.38. The minimum atomic E-state index is -2.37. The number of hydrogen-bond donors (Lipinski definition) is 1. The van der Waals surface area contributed by atoms with E-state index in [1.54, 1.807) is 0 Å². The fourth-order valence-corrected chi connectivity index (χ4v) is 0.844. The molecule has 0 aromatic rings. The zero-order valence-corrected chi connectivity index (χ0v) is 7.56. The molecule has 0 rings (SSSR count). The van der Waals surface area contributed by atoms with E-state index in [0.29, 0.717) is 19.4 Å². The predicted molar refractivity (Wildman–Crippen MR) is 46.9 cm³/mol. The number of nitrogens with two attached hydrogens (primary N) is 1. The zero-order valence-electron chi connectivity index (χ0n) is 7.56. The van der Waals surface area contributed by atoms with E-state index in [9.17, 15) is 8.78 Å². The molecule has 0 amide bonds. The van der Waals surface area contributed by atoms with Crippen LogP contribution in [0.3, 0.4) is 0 Å². The van der Waals surface area contributed by atoms with Crippen molar-refractivity contribution in [1.82, 2.24) is 0 Å². The molecule has 0 aliphatic carbocycles. The van der Waals surface area contributed by atoms with Gasteiger partial charge in [0.15, 0.2) is 0 Å². The highest BCUT2D eigenvalue weighted by molar-refractivity contribution is 5.84. The summed E-state index contributed by atoms with van der Waals surface area (Å²) in [4.78, 5) is 3.87. The lowest BCUT2D eigenvalue weighted by Gasteiger charge is -2.07. The molecule has 0 radical (unpaired) electrons. The van der Waals surface area contributed by atoms with Crippen LogP contribution in [0.4, 0.5) is 8.78 Å². The molecular weight excluding hydrogens is 162 g/mol. The summed E-state index contributed by atoms with van der Waals surface area (Å²) in [5.74, 6) is 0. The van der Waals surface area contributed by atoms with Gasteiger partial charge in [0.25, 0.3) is 6.43 Å². The van der Waals surface area contributed by atoms with Gasteiger partial charge in [-0.25, -0.2) is 8.78 Å². The number of nitrogens with zero attached hydrogens (tertiary/aromatic N) is 1. The summed E-state index contributed by atoms with van der Waals surface area (Å²) >= 11 is 0. The second kappa shape index (κ2) is 6.06. The second-order valence-electron chi connectivity index (χ2n) is 2.66. The van der Waals surface area contributed by atoms with E-state index in [2.05, 4.69) is 4.99 Å². The highest BCUT2D eigenvalue weighted by Crippen LogP contribution is 2.06. The molecule has 0 spiro atoms. The van der Waals surface area contributed by atoms with Crippen LogP contribution in [0, 0.1) is 0 Å². The Kier molecular flexibility index (Phi) is 5.80. The summed E-state index contributed by atoms with van der Waals surface area (Å²) in [7, 11) is 0. The molecule has 2 N–H and O–H groups in total. The van der Waals surface area contributed by atoms with Gasteiger partial charge in [-0.2, -0.15) is 0 Å². The van der Waals surface area contributed by atoms with Crippen molar-refractivity contribution in [1.29, 1.82) is 0 Å². The van der Waals surface area contributed by atoms with Crippen LogP contribution in [0.5, 0.6) is 0 Å². The summed E-state index contributed by atoms with van der Waals surface area (Å²) in [6, 6.07) is -0.897. The zero-order chi connectivity index (χ0) is 9.56. The Morgan fingerprint density at radius 3 is 2.42 bits per heavy atom. The molecule has 12 heavy (non-hydrogen) atoms. The van der Waals surface area contributed by atoms with Crippen molar-refractivity contribution in [2.24, 2.45) is 10.7 Å². The minimum Gasteiger partial charge on any atom is -0.330 e. The maximum atomic E-state index is 12.0. The SMILES string of the molecule is CCC(CCN)=N[C@@H](C)C(F)F. The number of halogens is 2. The lowest BCUT2D eigenvalue weighted by Crippen LogP contribution is -2.15. The standard InChI is InChI=1S/C8H16F2N2/c1-3-7(4-5-11)12-6(2)8(9)10/h6,8H,3-5,11H2,1-2H3/t6-/m0/s1. The van der Waals surface area contributed by atoms with Gasteiger partial charge in [-0.15, -0.1) is 0 Å². The van der Waals surface area contributed by atoms with Crippen LogP contribution in [-0.2, 0) is 0 Å². The summed E-state index contributed by atoms with van der Waals surface area (Å²) in [6.45, 7) is 3.78. The van der Waals surface area contributed by atoms with Crippen LogP contribution in [-0.4, -0.2) is 24.7 Å². The molecule has 0 fully saturated rings. The Balaban J connectivity index is 4.07. The molecule has 0 saturated heterocycles. The van der Waals surface area contributed by atoms with Crippen LogP contribution in [0.15, 0.2) is 4.99 Å². The second-order valence-corrected chi connectivity index (χ2v) is 2.66. The molecule has 4 heteroatoms. The Labute approximate surface area is 71.9 Å². The molecule has 1 atom stereocenters. The maximum absolute atomic E-state index is 12.0. The third-order valence-corrected chi connectivity index (χ3v) is 1.59. The first-order chi connectivity index (χ1) is 5.61. The number of aliphatic imine (C=N–C) groups is 1. The van der Waals surface area contributed by atoms with Crippen molar-refractivity contribution < 1.29 is 8.78 Å². The third-order valence-electron chi connectivity index (χ3n) is 1.59. The van der Waals surface area contributed by atoms with Gasteiger partial charge in [0.05, 0.1) is 0 Å². The normalized spacial score (nSPS) is 15.3. The molecule has 0 bridgehead atoms. The van der Waals surface area contributed by atoms with Crippen molar-refractivity contribution in [3.63, 3.8) is 0 Å². The summed E-state index contributed by atoms with van der Waals surface area (Å²) < 4.78 is 24.1. The average Bonchev–Trinajstić information content (AvgIpc) is 2.03. The van der Waals surface area contributed by atoms with Crippen LogP contribution in [0.2, 0.25) is 0 Å². The largest absolute Gasteiger partial charge is 0.330 e. The molecule has 2 nitrogen and oxygen atoms in total. The topological polar surface area (TPSA) is 38.4 Å². The van der Waals surface area contributed by atoms with Gasteiger partial charge in [-0.05, 0) is 26.3 Å². The quantitative estimate of drug-likeness (QED) is 0.641. The number of hydrogen-bond acceptors (Lipinski definition) is 2. The molecule has 0 saturated carbocycles. The maximum Gasteiger partial charge on any atom is 0.260 e. The monoisotopic (exact) mass is 178 g/mol. The first-order valence-corrected chi connectivity index (χ1v) is 4.15. The molecule has 0 aromatic carbocycles. The number of alkyl halides is 2. The predicted octanol–water partition coefficient (Wildman–Crippen LogP) is 1.84. The molecular formula is C8H16F2N2. The summed E-state index contributed by atoms with van der Waals surface area (Å²) in [6.07, 6.45) is -1.05. The van der Waals surface area contributed by atoms with Crippen LogP contribution in [0.25, 0.3) is 0 Å².